The van der Waals surface area contributed by atoms with E-state index in [9.17, 15) is 14.4 Å². The van der Waals surface area contributed by atoms with Crippen LogP contribution in [0.3, 0.4) is 0 Å². The maximum atomic E-state index is 13.3. The molecule has 0 radical (unpaired) electrons. The number of hydrogen-bond donors (Lipinski definition) is 2. The molecule has 0 unspecified atom stereocenters. The van der Waals surface area contributed by atoms with Crippen molar-refractivity contribution >= 4 is 40.0 Å². The highest BCUT2D eigenvalue weighted by atomic mass is 35.5. The summed E-state index contributed by atoms with van der Waals surface area (Å²) < 4.78 is 14.2. The first-order valence-electron chi connectivity index (χ1n) is 16.8. The molecule has 1 atom stereocenters. The number of ether oxygens (including phenoxy) is 2. The van der Waals surface area contributed by atoms with E-state index >= 15 is 0 Å². The van der Waals surface area contributed by atoms with E-state index in [0.29, 0.717) is 29.1 Å². The van der Waals surface area contributed by atoms with Crippen LogP contribution < -0.4 is 26.6 Å². The summed E-state index contributed by atoms with van der Waals surface area (Å²) in [5.41, 5.74) is 6.11. The predicted molar refractivity (Wildman–Crippen MR) is 194 cm³/mol. The molecule has 262 valence electrons. The van der Waals surface area contributed by atoms with E-state index in [-0.39, 0.29) is 35.2 Å². The average Bonchev–Trinajstić information content (AvgIpc) is 3.53. The van der Waals surface area contributed by atoms with Gasteiger partial charge in [-0.2, -0.15) is 0 Å². The third kappa shape index (κ3) is 5.38. The number of hydrogen-bond acceptors (Lipinski definition) is 10. The monoisotopic (exact) mass is 708 g/mol. The van der Waals surface area contributed by atoms with Crippen molar-refractivity contribution in [2.75, 3.05) is 38.7 Å². The highest BCUT2D eigenvalue weighted by molar-refractivity contribution is 6.36. The minimum Gasteiger partial charge on any atom is -0.481 e. The number of methoxy groups -OCH3 is 1. The molecule has 0 saturated carbocycles. The lowest BCUT2D eigenvalue weighted by molar-refractivity contribution is -0.179. The molecule has 8 rings (SSSR count). The van der Waals surface area contributed by atoms with Crippen LogP contribution in [0, 0.1) is 13.8 Å². The van der Waals surface area contributed by atoms with Crippen LogP contribution in [-0.2, 0) is 30.0 Å². The van der Waals surface area contributed by atoms with E-state index in [4.69, 9.17) is 26.1 Å². The molecule has 0 bridgehead atoms. The number of carbonyl (C=O) groups is 1. The van der Waals surface area contributed by atoms with Gasteiger partial charge in [-0.05, 0) is 55.5 Å². The minimum atomic E-state index is -0.481. The molecule has 2 aromatic carbocycles. The summed E-state index contributed by atoms with van der Waals surface area (Å²) in [5, 5.41) is 7.06. The van der Waals surface area contributed by atoms with Crippen molar-refractivity contribution in [2.24, 2.45) is 14.1 Å². The summed E-state index contributed by atoms with van der Waals surface area (Å²) in [4.78, 5) is 53.8. The quantitative estimate of drug-likeness (QED) is 0.266. The number of likely N-dealkylation sites (tertiary alicyclic amines) is 1. The molecule has 5 heterocycles. The van der Waals surface area contributed by atoms with Crippen LogP contribution in [0.4, 0.5) is 11.5 Å². The Bertz CT molecular complexity index is 2390. The zero-order valence-electron chi connectivity index (χ0n) is 29.0. The number of benzene rings is 2. The maximum Gasteiger partial charge on any atom is 0.332 e. The number of rotatable bonds is 6. The molecule has 1 amide bonds. The van der Waals surface area contributed by atoms with E-state index in [0.717, 1.165) is 69.7 Å². The smallest absolute Gasteiger partial charge is 0.332 e. The molecular formula is C37H37ClN8O5. The summed E-state index contributed by atoms with van der Waals surface area (Å²) in [6.45, 7) is 5.82. The van der Waals surface area contributed by atoms with Gasteiger partial charge in [0.2, 0.25) is 11.8 Å². The highest BCUT2D eigenvalue weighted by Gasteiger charge is 2.50. The number of amides is 1. The molecule has 3 aromatic heterocycles. The number of nitrogens with one attached hydrogen (secondary N) is 2. The Balaban J connectivity index is 1.12. The molecule has 13 nitrogen and oxygen atoms in total. The van der Waals surface area contributed by atoms with Crippen molar-refractivity contribution in [1.29, 1.82) is 0 Å². The van der Waals surface area contributed by atoms with Crippen molar-refractivity contribution in [1.82, 2.24) is 34.3 Å². The molecule has 14 heteroatoms. The van der Waals surface area contributed by atoms with Crippen LogP contribution >= 0.6 is 11.6 Å². The summed E-state index contributed by atoms with van der Waals surface area (Å²) in [6, 6.07) is 14.0. The maximum absolute atomic E-state index is 13.3. The second-order valence-corrected chi connectivity index (χ2v) is 14.0. The summed E-state index contributed by atoms with van der Waals surface area (Å²) >= 11 is 7.23. The molecule has 1 spiro atoms. The number of anilines is 2. The fourth-order valence-electron chi connectivity index (χ4n) is 7.72. The van der Waals surface area contributed by atoms with Crippen molar-refractivity contribution in [3.05, 3.63) is 90.8 Å². The fourth-order valence-corrected chi connectivity index (χ4v) is 8.05. The summed E-state index contributed by atoms with van der Waals surface area (Å²) in [7, 11) is 4.67. The summed E-state index contributed by atoms with van der Waals surface area (Å²) in [6.07, 6.45) is 1.82. The van der Waals surface area contributed by atoms with Gasteiger partial charge in [0.15, 0.2) is 5.65 Å². The number of pyridine rings is 1. The van der Waals surface area contributed by atoms with Gasteiger partial charge in [-0.3, -0.25) is 23.6 Å². The zero-order chi connectivity index (χ0) is 35.8. The summed E-state index contributed by atoms with van der Waals surface area (Å²) in [5.74, 6) is 1.25. The van der Waals surface area contributed by atoms with Crippen LogP contribution in [0.15, 0.2) is 52.1 Å². The van der Waals surface area contributed by atoms with Crippen molar-refractivity contribution < 1.29 is 14.3 Å². The molecule has 2 aliphatic heterocycles. The SMILES string of the molecule is COc1nc(-c2cccc(-c3cccc(Nc4nc(C)nc5c4c(=O)n(C)c(=O)n5C)c3C)c2Cl)cc2c1[C@H](N1CC3(CNC(=O)CO3)C1)CC2. The van der Waals surface area contributed by atoms with Crippen molar-refractivity contribution in [2.45, 2.75) is 38.3 Å². The van der Waals surface area contributed by atoms with Crippen LogP contribution in [0.2, 0.25) is 5.02 Å². The molecule has 51 heavy (non-hydrogen) atoms. The standard InChI is InChI=1S/C37H37ClN8O5/c1-19-22(8-7-11-25(19)42-32-30-33(41-20(2)40-32)44(3)36(49)45(4)35(30)48)23-9-6-10-24(31(23)38)26-14-21-12-13-27(29(21)34(43-26)50-5)46-17-37(18-46)16-39-28(47)15-51-37/h6-11,14,27H,12-13,15-18H2,1-5H3,(H,39,47)(H,40,41,42)/t27-/m1/s1. The van der Waals surface area contributed by atoms with Gasteiger partial charge in [-0.15, -0.1) is 0 Å². The van der Waals surface area contributed by atoms with Crippen LogP contribution in [0.1, 0.15) is 35.0 Å². The molecule has 2 saturated heterocycles. The Kier molecular flexibility index (Phi) is 7.96. The highest BCUT2D eigenvalue weighted by Crippen LogP contribution is 2.47. The number of aromatic nitrogens is 5. The fraction of sp³-hybridized carbons (Fsp3) is 0.351. The second kappa shape index (κ2) is 12.3. The number of carbonyl (C=O) groups excluding carboxylic acids is 1. The Morgan fingerprint density at radius 2 is 1.75 bits per heavy atom. The topological polar surface area (TPSA) is 146 Å². The molecule has 1 aliphatic carbocycles. The van der Waals surface area contributed by atoms with Crippen LogP contribution in [-0.4, -0.2) is 73.8 Å². The van der Waals surface area contributed by atoms with Crippen molar-refractivity contribution in [3.63, 3.8) is 0 Å². The zero-order valence-corrected chi connectivity index (χ0v) is 29.7. The number of nitrogens with zero attached hydrogens (tertiary/aromatic N) is 6. The van der Waals surface area contributed by atoms with Gasteiger partial charge in [0.05, 0.1) is 17.8 Å². The lowest BCUT2D eigenvalue weighted by Crippen LogP contribution is -2.70. The first-order valence-corrected chi connectivity index (χ1v) is 17.2. The lowest BCUT2D eigenvalue weighted by atomic mass is 9.89. The molecule has 2 N–H and O–H groups in total. The third-order valence-corrected chi connectivity index (χ3v) is 10.8. The first-order chi connectivity index (χ1) is 24.5. The van der Waals surface area contributed by atoms with Gasteiger partial charge < -0.3 is 20.1 Å². The van der Waals surface area contributed by atoms with E-state index in [1.807, 2.05) is 43.3 Å². The number of morpholine rings is 1. The molecule has 2 fully saturated rings. The lowest BCUT2D eigenvalue weighted by Gasteiger charge is -2.53. The Hall–Kier alpha value is -5.11. The normalized spacial score (nSPS) is 18.1. The van der Waals surface area contributed by atoms with Gasteiger partial charge in [0.1, 0.15) is 29.2 Å². The third-order valence-electron chi connectivity index (χ3n) is 10.4. The van der Waals surface area contributed by atoms with E-state index in [1.54, 1.807) is 21.1 Å². The first kappa shape index (κ1) is 33.1. The largest absolute Gasteiger partial charge is 0.481 e. The Morgan fingerprint density at radius 3 is 2.49 bits per heavy atom. The average molecular weight is 709 g/mol. The van der Waals surface area contributed by atoms with Gasteiger partial charge in [-0.25, -0.2) is 19.7 Å². The molecule has 3 aliphatic rings. The van der Waals surface area contributed by atoms with Gasteiger partial charge in [0.25, 0.3) is 5.56 Å². The van der Waals surface area contributed by atoms with Crippen LogP contribution in [0.25, 0.3) is 33.4 Å². The van der Waals surface area contributed by atoms with Crippen LogP contribution in [0.5, 0.6) is 5.88 Å². The predicted octanol–water partition coefficient (Wildman–Crippen LogP) is 3.97. The van der Waals surface area contributed by atoms with E-state index in [2.05, 4.69) is 31.6 Å². The molecular weight excluding hydrogens is 672 g/mol. The number of halogens is 1. The van der Waals surface area contributed by atoms with Crippen molar-refractivity contribution in [3.8, 4) is 28.3 Å². The Labute approximate surface area is 298 Å². The van der Waals surface area contributed by atoms with E-state index < -0.39 is 11.2 Å². The molecule has 5 aromatic rings. The van der Waals surface area contributed by atoms with E-state index in [1.165, 1.54) is 17.2 Å². The minimum absolute atomic E-state index is 0.0692. The number of fused-ring (bicyclic) bond motifs is 2. The van der Waals surface area contributed by atoms with Gasteiger partial charge in [0, 0.05) is 62.1 Å². The second-order valence-electron chi connectivity index (χ2n) is 13.6. The Morgan fingerprint density at radius 1 is 1.00 bits per heavy atom. The van der Waals surface area contributed by atoms with Gasteiger partial charge in [-0.1, -0.05) is 41.9 Å². The number of aryl methyl sites for hydroxylation is 3. The van der Waals surface area contributed by atoms with Gasteiger partial charge >= 0.3 is 5.69 Å².